The fourth-order valence-electron chi connectivity index (χ4n) is 5.30. The van der Waals surface area contributed by atoms with Gasteiger partial charge in [-0.2, -0.15) is 5.10 Å². The molecule has 2 aliphatic rings. The molecule has 0 bridgehead atoms. The molecule has 220 valence electrons. The molecule has 4 aromatic rings. The van der Waals surface area contributed by atoms with Crippen molar-refractivity contribution in [3.8, 4) is 11.1 Å². The van der Waals surface area contributed by atoms with E-state index in [1.54, 1.807) is 11.1 Å². The van der Waals surface area contributed by atoms with Crippen molar-refractivity contribution in [1.82, 2.24) is 29.6 Å². The van der Waals surface area contributed by atoms with Gasteiger partial charge in [0.25, 0.3) is 0 Å². The lowest BCUT2D eigenvalue weighted by molar-refractivity contribution is -0.0394. The highest BCUT2D eigenvalue weighted by atomic mass is 16.6. The molecule has 5 heterocycles. The van der Waals surface area contributed by atoms with Crippen LogP contribution in [0.2, 0.25) is 0 Å². The Morgan fingerprint density at radius 2 is 1.88 bits per heavy atom. The summed E-state index contributed by atoms with van der Waals surface area (Å²) in [6.45, 7) is 7.73. The number of hydrogen-bond donors (Lipinski definition) is 2. The number of rotatable bonds is 6. The van der Waals surface area contributed by atoms with Gasteiger partial charge in [-0.3, -0.25) is 0 Å². The van der Waals surface area contributed by atoms with Crippen LogP contribution in [0.1, 0.15) is 59.1 Å². The normalized spacial score (nSPS) is 18.2. The van der Waals surface area contributed by atoms with Gasteiger partial charge >= 0.3 is 6.09 Å². The van der Waals surface area contributed by atoms with Crippen molar-refractivity contribution >= 4 is 34.4 Å². The highest BCUT2D eigenvalue weighted by molar-refractivity contribution is 5.84. The summed E-state index contributed by atoms with van der Waals surface area (Å²) in [6, 6.07) is 10.2. The molecule has 2 fully saturated rings. The second kappa shape index (κ2) is 11.9. The molecule has 11 nitrogen and oxygen atoms in total. The van der Waals surface area contributed by atoms with Gasteiger partial charge in [-0.25, -0.2) is 24.4 Å². The third kappa shape index (κ3) is 6.79. The van der Waals surface area contributed by atoms with Crippen LogP contribution in [0.15, 0.2) is 55.1 Å². The van der Waals surface area contributed by atoms with E-state index in [9.17, 15) is 4.79 Å². The van der Waals surface area contributed by atoms with Gasteiger partial charge in [0.2, 0.25) is 5.95 Å². The van der Waals surface area contributed by atoms with Crippen LogP contribution < -0.4 is 10.6 Å². The van der Waals surface area contributed by atoms with Crippen molar-refractivity contribution in [2.75, 3.05) is 30.3 Å². The number of carbonyl (C=O) groups excluding carboxylic acids is 1. The number of nitrogens with one attached hydrogen (secondary N) is 2. The van der Waals surface area contributed by atoms with Crippen molar-refractivity contribution in [2.45, 2.75) is 70.7 Å². The maximum Gasteiger partial charge on any atom is 0.410 e. The summed E-state index contributed by atoms with van der Waals surface area (Å²) in [7, 11) is 0. The lowest BCUT2D eigenvalue weighted by Crippen LogP contribution is -2.44. The van der Waals surface area contributed by atoms with E-state index in [-0.39, 0.29) is 18.4 Å². The summed E-state index contributed by atoms with van der Waals surface area (Å²) in [5.41, 5.74) is 3.26. The zero-order valence-electron chi connectivity index (χ0n) is 24.4. The number of likely N-dealkylation sites (tertiary alicyclic amines) is 1. The number of ether oxygens (including phenoxy) is 2. The number of piperidine rings is 1. The van der Waals surface area contributed by atoms with Gasteiger partial charge in [-0.05, 0) is 70.6 Å². The number of anilines is 3. The summed E-state index contributed by atoms with van der Waals surface area (Å²) in [5, 5.41) is 12.3. The molecule has 1 atom stereocenters. The molecule has 0 radical (unpaired) electrons. The van der Waals surface area contributed by atoms with Gasteiger partial charge in [0, 0.05) is 67.0 Å². The maximum atomic E-state index is 12.4. The first-order chi connectivity index (χ1) is 20.3. The maximum absolute atomic E-state index is 12.4. The summed E-state index contributed by atoms with van der Waals surface area (Å²) in [4.78, 5) is 27.9. The van der Waals surface area contributed by atoms with Crippen LogP contribution in [0.3, 0.4) is 0 Å². The first-order valence-corrected chi connectivity index (χ1v) is 14.7. The van der Waals surface area contributed by atoms with Crippen LogP contribution in [-0.4, -0.2) is 67.1 Å². The molecule has 2 N–H and O–H groups in total. The van der Waals surface area contributed by atoms with E-state index in [1.165, 1.54) is 0 Å². The highest BCUT2D eigenvalue weighted by Gasteiger charge is 2.27. The Balaban J connectivity index is 1.09. The number of fused-ring (bicyclic) bond motifs is 1. The molecule has 0 saturated carbocycles. The van der Waals surface area contributed by atoms with E-state index in [2.05, 4.69) is 37.8 Å². The van der Waals surface area contributed by atoms with Crippen LogP contribution in [0, 0.1) is 0 Å². The molecule has 0 aliphatic carbocycles. The van der Waals surface area contributed by atoms with E-state index < -0.39 is 5.60 Å². The Bertz CT molecular complexity index is 1530. The fraction of sp³-hybridized carbons (Fsp3) is 0.452. The zero-order chi connectivity index (χ0) is 29.1. The number of pyridine rings is 1. The average molecular weight is 571 g/mol. The summed E-state index contributed by atoms with van der Waals surface area (Å²) in [6.07, 6.45) is 12.2. The lowest BCUT2D eigenvalue weighted by atomic mass is 10.1. The van der Waals surface area contributed by atoms with Crippen molar-refractivity contribution in [3.63, 3.8) is 0 Å². The standard InChI is InChI=1S/C31H38N8O3/c1-31(2,3)42-30(40)38-13-10-24(11-14-38)35-27-17-25(9-12-32-27)36-29-33-18-22-8-7-21(16-26(22)37-29)23-19-34-39(20-23)28-6-4-5-15-41-28/h7-9,12,16-20,24,28H,4-6,10-11,13-15H2,1-3H3,(H2,32,33,35,36,37). The van der Waals surface area contributed by atoms with E-state index in [1.807, 2.05) is 62.2 Å². The van der Waals surface area contributed by atoms with Gasteiger partial charge in [-0.1, -0.05) is 12.1 Å². The number of hydrogen-bond acceptors (Lipinski definition) is 9. The van der Waals surface area contributed by atoms with Crippen molar-refractivity contribution in [3.05, 3.63) is 55.1 Å². The molecule has 6 rings (SSSR count). The van der Waals surface area contributed by atoms with Crippen LogP contribution in [0.4, 0.5) is 22.2 Å². The van der Waals surface area contributed by atoms with Crippen molar-refractivity contribution in [2.24, 2.45) is 0 Å². The minimum Gasteiger partial charge on any atom is -0.444 e. The van der Waals surface area contributed by atoms with Crippen LogP contribution in [0.25, 0.3) is 22.0 Å². The molecule has 2 saturated heterocycles. The fourth-order valence-corrected chi connectivity index (χ4v) is 5.30. The second-order valence-corrected chi connectivity index (χ2v) is 11.9. The number of nitrogens with zero attached hydrogens (tertiary/aromatic N) is 6. The Morgan fingerprint density at radius 1 is 1.02 bits per heavy atom. The Kier molecular flexibility index (Phi) is 7.92. The number of amides is 1. The van der Waals surface area contributed by atoms with Crippen molar-refractivity contribution in [1.29, 1.82) is 0 Å². The number of carbonyl (C=O) groups is 1. The molecule has 11 heteroatoms. The summed E-state index contributed by atoms with van der Waals surface area (Å²) < 4.78 is 13.3. The van der Waals surface area contributed by atoms with E-state index in [0.717, 1.165) is 72.2 Å². The smallest absolute Gasteiger partial charge is 0.410 e. The average Bonchev–Trinajstić information content (AvgIpc) is 3.48. The molecule has 0 spiro atoms. The minimum atomic E-state index is -0.491. The zero-order valence-corrected chi connectivity index (χ0v) is 24.4. The predicted octanol–water partition coefficient (Wildman–Crippen LogP) is 6.14. The lowest BCUT2D eigenvalue weighted by Gasteiger charge is -2.33. The van der Waals surface area contributed by atoms with Crippen LogP contribution in [0.5, 0.6) is 0 Å². The van der Waals surface area contributed by atoms with Crippen molar-refractivity contribution < 1.29 is 14.3 Å². The van der Waals surface area contributed by atoms with E-state index >= 15 is 0 Å². The van der Waals surface area contributed by atoms with Gasteiger partial charge < -0.3 is 25.0 Å². The SMILES string of the molecule is CC(C)(C)OC(=O)N1CCC(Nc2cc(Nc3ncc4ccc(-c5cnn(C6CCCCO6)c5)cc4n3)ccn2)CC1. The van der Waals surface area contributed by atoms with Gasteiger partial charge in [0.1, 0.15) is 17.6 Å². The number of benzene rings is 1. The largest absolute Gasteiger partial charge is 0.444 e. The van der Waals surface area contributed by atoms with Gasteiger partial charge in [-0.15, -0.1) is 0 Å². The van der Waals surface area contributed by atoms with Gasteiger partial charge in [0.15, 0.2) is 0 Å². The summed E-state index contributed by atoms with van der Waals surface area (Å²) in [5.74, 6) is 1.27. The predicted molar refractivity (Wildman–Crippen MR) is 162 cm³/mol. The molecular formula is C31H38N8O3. The highest BCUT2D eigenvalue weighted by Crippen LogP contribution is 2.28. The molecule has 1 aromatic carbocycles. The van der Waals surface area contributed by atoms with E-state index in [4.69, 9.17) is 14.5 Å². The van der Waals surface area contributed by atoms with E-state index in [0.29, 0.717) is 19.0 Å². The Labute approximate surface area is 245 Å². The number of aromatic nitrogens is 5. The first kappa shape index (κ1) is 27.9. The topological polar surface area (TPSA) is 119 Å². The third-order valence-electron chi connectivity index (χ3n) is 7.48. The monoisotopic (exact) mass is 570 g/mol. The molecule has 1 unspecified atom stereocenters. The molecular weight excluding hydrogens is 532 g/mol. The van der Waals surface area contributed by atoms with Gasteiger partial charge in [0.05, 0.1) is 11.7 Å². The quantitative estimate of drug-likeness (QED) is 0.282. The Hall–Kier alpha value is -4.25. The minimum absolute atomic E-state index is 0.0101. The molecule has 3 aromatic heterocycles. The molecule has 1 amide bonds. The van der Waals surface area contributed by atoms with Crippen LogP contribution in [-0.2, 0) is 9.47 Å². The first-order valence-electron chi connectivity index (χ1n) is 14.7. The molecule has 42 heavy (non-hydrogen) atoms. The third-order valence-corrected chi connectivity index (χ3v) is 7.48. The molecule has 2 aliphatic heterocycles. The second-order valence-electron chi connectivity index (χ2n) is 11.9. The van der Waals surface area contributed by atoms with Crippen LogP contribution >= 0.6 is 0 Å². The Morgan fingerprint density at radius 3 is 2.67 bits per heavy atom. The summed E-state index contributed by atoms with van der Waals surface area (Å²) >= 11 is 0.